The summed E-state index contributed by atoms with van der Waals surface area (Å²) in [5, 5.41) is 0. The molecule has 0 aliphatic carbocycles. The van der Waals surface area contributed by atoms with Gasteiger partial charge in [0.25, 0.3) is 5.56 Å². The molecule has 0 saturated heterocycles. The fourth-order valence-electron chi connectivity index (χ4n) is 2.42. The Labute approximate surface area is 138 Å². The normalized spacial score (nSPS) is 11.5. The molecule has 3 nitrogen and oxygen atoms in total. The Balaban J connectivity index is 2.04. The minimum atomic E-state index is 0.0410. The van der Waals surface area contributed by atoms with E-state index >= 15 is 0 Å². The molecule has 1 aromatic carbocycles. The molecule has 0 aliphatic rings. The molecule has 0 bridgehead atoms. The van der Waals surface area contributed by atoms with Gasteiger partial charge in [0.1, 0.15) is 0 Å². The van der Waals surface area contributed by atoms with E-state index in [1.807, 2.05) is 24.4 Å². The molecule has 2 rings (SSSR count). The highest BCUT2D eigenvalue weighted by Gasteiger charge is 1.98. The molecule has 0 fully saturated rings. The van der Waals surface area contributed by atoms with Crippen molar-refractivity contribution in [3.05, 3.63) is 69.6 Å². The molecular formula is C20H26N2O. The minimum Gasteiger partial charge on any atom is -0.330 e. The topological polar surface area (TPSA) is 48.0 Å². The van der Waals surface area contributed by atoms with Crippen molar-refractivity contribution in [3.63, 3.8) is 0 Å². The number of aromatic nitrogens is 1. The summed E-state index contributed by atoms with van der Waals surface area (Å²) >= 11 is 0. The standard InChI is InChI=1S/C20H26N2O/c1-16(2)19-9-7-17(8-10-19)5-6-18-11-14-22(20(23)15-18)13-4-3-12-21/h5-11,14-16H,3-4,12-13,21H2,1-2H3/b6-5+. The average molecular weight is 310 g/mol. The maximum absolute atomic E-state index is 12.1. The molecule has 0 saturated carbocycles. The van der Waals surface area contributed by atoms with E-state index < -0.39 is 0 Å². The third kappa shape index (κ3) is 5.22. The van der Waals surface area contributed by atoms with Gasteiger partial charge in [-0.25, -0.2) is 0 Å². The first-order valence-electron chi connectivity index (χ1n) is 8.29. The predicted molar refractivity (Wildman–Crippen MR) is 98.4 cm³/mol. The summed E-state index contributed by atoms with van der Waals surface area (Å²) in [6.07, 6.45) is 7.77. The van der Waals surface area contributed by atoms with Crippen molar-refractivity contribution in [3.8, 4) is 0 Å². The summed E-state index contributed by atoms with van der Waals surface area (Å²) in [4.78, 5) is 12.1. The molecule has 3 heteroatoms. The van der Waals surface area contributed by atoms with Gasteiger partial charge in [-0.2, -0.15) is 0 Å². The zero-order valence-electron chi connectivity index (χ0n) is 14.0. The van der Waals surface area contributed by atoms with E-state index in [2.05, 4.69) is 38.1 Å². The second-order valence-electron chi connectivity index (χ2n) is 6.14. The van der Waals surface area contributed by atoms with E-state index in [1.165, 1.54) is 5.56 Å². The molecule has 0 unspecified atom stereocenters. The van der Waals surface area contributed by atoms with E-state index in [4.69, 9.17) is 5.73 Å². The lowest BCUT2D eigenvalue weighted by Crippen LogP contribution is -2.19. The number of hydrogen-bond acceptors (Lipinski definition) is 2. The largest absolute Gasteiger partial charge is 0.330 e. The van der Waals surface area contributed by atoms with Crippen molar-refractivity contribution in [1.82, 2.24) is 4.57 Å². The molecule has 0 atom stereocenters. The van der Waals surface area contributed by atoms with Gasteiger partial charge in [0, 0.05) is 18.8 Å². The number of aryl methyl sites for hydroxylation is 1. The molecule has 2 N–H and O–H groups in total. The first-order valence-corrected chi connectivity index (χ1v) is 8.29. The number of hydrogen-bond donors (Lipinski definition) is 1. The molecule has 0 radical (unpaired) electrons. The van der Waals surface area contributed by atoms with Crippen LogP contribution in [0.1, 0.15) is 49.3 Å². The Morgan fingerprint density at radius 3 is 2.35 bits per heavy atom. The Bertz CT molecular complexity index is 696. The van der Waals surface area contributed by atoms with Gasteiger partial charge in [-0.05, 0) is 48.1 Å². The molecule has 0 amide bonds. The van der Waals surface area contributed by atoms with Crippen LogP contribution in [-0.4, -0.2) is 11.1 Å². The second kappa shape index (κ2) is 8.49. The highest BCUT2D eigenvalue weighted by molar-refractivity contribution is 5.69. The van der Waals surface area contributed by atoms with E-state index in [1.54, 1.807) is 10.6 Å². The van der Waals surface area contributed by atoms with Gasteiger partial charge >= 0.3 is 0 Å². The molecular weight excluding hydrogens is 284 g/mol. The van der Waals surface area contributed by atoms with Gasteiger partial charge in [0.05, 0.1) is 0 Å². The monoisotopic (exact) mass is 310 g/mol. The highest BCUT2D eigenvalue weighted by atomic mass is 16.1. The Morgan fingerprint density at radius 1 is 1.04 bits per heavy atom. The first kappa shape index (κ1) is 17.2. The van der Waals surface area contributed by atoms with Gasteiger partial charge < -0.3 is 10.3 Å². The number of nitrogens with zero attached hydrogens (tertiary/aromatic N) is 1. The van der Waals surface area contributed by atoms with Crippen LogP contribution in [0.3, 0.4) is 0 Å². The summed E-state index contributed by atoms with van der Waals surface area (Å²) in [6, 6.07) is 12.2. The lowest BCUT2D eigenvalue weighted by Gasteiger charge is -2.05. The molecule has 2 aromatic rings. The summed E-state index contributed by atoms with van der Waals surface area (Å²) in [5.74, 6) is 0.542. The van der Waals surface area contributed by atoms with Gasteiger partial charge in [-0.3, -0.25) is 4.79 Å². The van der Waals surface area contributed by atoms with Crippen molar-refractivity contribution in [2.45, 2.75) is 39.2 Å². The summed E-state index contributed by atoms with van der Waals surface area (Å²) in [6.45, 7) is 5.78. The van der Waals surface area contributed by atoms with Crippen LogP contribution in [-0.2, 0) is 6.54 Å². The molecule has 1 heterocycles. The average Bonchev–Trinajstić information content (AvgIpc) is 2.55. The maximum Gasteiger partial charge on any atom is 0.251 e. The van der Waals surface area contributed by atoms with Crippen LogP contribution in [0, 0.1) is 0 Å². The Kier molecular flexibility index (Phi) is 6.36. The summed E-state index contributed by atoms with van der Waals surface area (Å²) < 4.78 is 1.74. The lowest BCUT2D eigenvalue weighted by atomic mass is 10.0. The van der Waals surface area contributed by atoms with Crippen LogP contribution in [0.15, 0.2) is 47.4 Å². The third-order valence-corrected chi connectivity index (χ3v) is 3.94. The minimum absolute atomic E-state index is 0.0410. The number of unbranched alkanes of at least 4 members (excludes halogenated alkanes) is 1. The zero-order chi connectivity index (χ0) is 16.7. The molecule has 1 aromatic heterocycles. The van der Waals surface area contributed by atoms with Crippen molar-refractivity contribution in [2.75, 3.05) is 6.54 Å². The van der Waals surface area contributed by atoms with Crippen LogP contribution in [0.2, 0.25) is 0 Å². The number of rotatable bonds is 7. The van der Waals surface area contributed by atoms with Crippen LogP contribution < -0.4 is 11.3 Å². The Morgan fingerprint density at radius 2 is 1.74 bits per heavy atom. The SMILES string of the molecule is CC(C)c1ccc(/C=C/c2ccn(CCCCN)c(=O)c2)cc1. The van der Waals surface area contributed by atoms with Crippen LogP contribution in [0.4, 0.5) is 0 Å². The second-order valence-corrected chi connectivity index (χ2v) is 6.14. The van der Waals surface area contributed by atoms with E-state index in [9.17, 15) is 4.79 Å². The summed E-state index contributed by atoms with van der Waals surface area (Å²) in [7, 11) is 0. The molecule has 0 aliphatic heterocycles. The van der Waals surface area contributed by atoms with E-state index in [0.29, 0.717) is 12.5 Å². The zero-order valence-corrected chi connectivity index (χ0v) is 14.0. The fraction of sp³-hybridized carbons (Fsp3) is 0.350. The maximum atomic E-state index is 12.1. The van der Waals surface area contributed by atoms with E-state index in [-0.39, 0.29) is 5.56 Å². The number of pyridine rings is 1. The molecule has 0 spiro atoms. The first-order chi connectivity index (χ1) is 11.1. The molecule has 122 valence electrons. The number of benzene rings is 1. The fourth-order valence-corrected chi connectivity index (χ4v) is 2.42. The van der Waals surface area contributed by atoms with E-state index in [0.717, 1.165) is 30.5 Å². The number of nitrogens with two attached hydrogens (primary N) is 1. The van der Waals surface area contributed by atoms with Gasteiger partial charge in [0.15, 0.2) is 0 Å². The van der Waals surface area contributed by atoms with Gasteiger partial charge in [-0.15, -0.1) is 0 Å². The Hall–Kier alpha value is -2.13. The van der Waals surface area contributed by atoms with Gasteiger partial charge in [0.2, 0.25) is 0 Å². The smallest absolute Gasteiger partial charge is 0.251 e. The van der Waals surface area contributed by atoms with Gasteiger partial charge in [-0.1, -0.05) is 50.3 Å². The van der Waals surface area contributed by atoms with Crippen LogP contribution in [0.5, 0.6) is 0 Å². The highest BCUT2D eigenvalue weighted by Crippen LogP contribution is 2.16. The van der Waals surface area contributed by atoms with Crippen molar-refractivity contribution >= 4 is 12.2 Å². The van der Waals surface area contributed by atoms with Crippen LogP contribution in [0.25, 0.3) is 12.2 Å². The third-order valence-electron chi connectivity index (χ3n) is 3.94. The van der Waals surface area contributed by atoms with Crippen molar-refractivity contribution < 1.29 is 0 Å². The quantitative estimate of drug-likeness (QED) is 0.789. The predicted octanol–water partition coefficient (Wildman–Crippen LogP) is 3.88. The molecule has 23 heavy (non-hydrogen) atoms. The van der Waals surface area contributed by atoms with Crippen molar-refractivity contribution in [2.24, 2.45) is 5.73 Å². The summed E-state index contributed by atoms with van der Waals surface area (Å²) in [5.41, 5.74) is 8.92. The van der Waals surface area contributed by atoms with Crippen LogP contribution >= 0.6 is 0 Å². The van der Waals surface area contributed by atoms with Crippen molar-refractivity contribution in [1.29, 1.82) is 0 Å². The lowest BCUT2D eigenvalue weighted by molar-refractivity contribution is 0.598.